The summed E-state index contributed by atoms with van der Waals surface area (Å²) in [4.78, 5) is 20.8. The van der Waals surface area contributed by atoms with Crippen molar-refractivity contribution in [3.8, 4) is 0 Å². The van der Waals surface area contributed by atoms with Crippen LogP contribution in [-0.4, -0.2) is 34.9 Å². The number of likely N-dealkylation sites (N-methyl/N-ethyl adjacent to an activating group) is 1. The summed E-state index contributed by atoms with van der Waals surface area (Å²) in [7, 11) is 1.54. The summed E-state index contributed by atoms with van der Waals surface area (Å²) in [6.45, 7) is 0.0921. The minimum atomic E-state index is -0.962. The van der Waals surface area contributed by atoms with E-state index in [1.54, 1.807) is 7.05 Å². The molecule has 0 spiro atoms. The Balaban J connectivity index is 3.45. The minimum Gasteiger partial charge on any atom is -0.481 e. The highest BCUT2D eigenvalue weighted by atomic mass is 35.5. The number of ketones is 1. The normalized spacial score (nSPS) is 10.1. The van der Waals surface area contributed by atoms with Crippen LogP contribution in [0.2, 0.25) is 0 Å². The van der Waals surface area contributed by atoms with Gasteiger partial charge in [0.25, 0.3) is 0 Å². The summed E-state index contributed by atoms with van der Waals surface area (Å²) < 4.78 is 1.20. The van der Waals surface area contributed by atoms with Crippen LogP contribution >= 0.6 is 11.8 Å². The van der Waals surface area contributed by atoms with Crippen LogP contribution in [0.4, 0.5) is 0 Å². The second kappa shape index (κ2) is 5.09. The highest BCUT2D eigenvalue weighted by Crippen LogP contribution is 1.94. The summed E-state index contributed by atoms with van der Waals surface area (Å²) in [5, 5.41) is 8.20. The topological polar surface area (TPSA) is 57.6 Å². The van der Waals surface area contributed by atoms with E-state index in [9.17, 15) is 9.59 Å². The van der Waals surface area contributed by atoms with Gasteiger partial charge >= 0.3 is 5.97 Å². The van der Waals surface area contributed by atoms with Crippen LogP contribution in [0.5, 0.6) is 0 Å². The molecule has 4 nitrogen and oxygen atoms in total. The van der Waals surface area contributed by atoms with Gasteiger partial charge in [0.2, 0.25) is 0 Å². The molecule has 0 rings (SSSR count). The van der Waals surface area contributed by atoms with E-state index in [0.717, 1.165) is 0 Å². The monoisotopic (exact) mass is 179 g/mol. The maximum absolute atomic E-state index is 10.8. The van der Waals surface area contributed by atoms with E-state index in [0.29, 0.717) is 0 Å². The number of nitrogens with zero attached hydrogens (tertiary/aromatic N) is 1. The van der Waals surface area contributed by atoms with E-state index in [2.05, 4.69) is 0 Å². The fraction of sp³-hybridized carbons (Fsp3) is 0.667. The lowest BCUT2D eigenvalue weighted by Crippen LogP contribution is -2.17. The third-order valence-corrected chi connectivity index (χ3v) is 1.13. The molecular weight excluding hydrogens is 170 g/mol. The molecule has 0 saturated heterocycles. The first-order chi connectivity index (χ1) is 5.02. The largest absolute Gasteiger partial charge is 0.481 e. The summed E-state index contributed by atoms with van der Waals surface area (Å²) in [5.41, 5.74) is 0. The number of halogens is 1. The van der Waals surface area contributed by atoms with E-state index in [4.69, 9.17) is 16.9 Å². The van der Waals surface area contributed by atoms with Crippen LogP contribution in [0, 0.1) is 0 Å². The van der Waals surface area contributed by atoms with Crippen molar-refractivity contribution >= 4 is 23.5 Å². The lowest BCUT2D eigenvalue weighted by atomic mass is 10.2. The van der Waals surface area contributed by atoms with Crippen molar-refractivity contribution in [1.82, 2.24) is 4.42 Å². The Hall–Kier alpha value is -0.610. The number of hydrogen-bond acceptors (Lipinski definition) is 3. The molecule has 0 aliphatic heterocycles. The molecule has 11 heavy (non-hydrogen) atoms. The van der Waals surface area contributed by atoms with Gasteiger partial charge in [0.15, 0.2) is 0 Å². The highest BCUT2D eigenvalue weighted by Gasteiger charge is 2.06. The third kappa shape index (κ3) is 7.29. The Kier molecular flexibility index (Phi) is 4.81. The van der Waals surface area contributed by atoms with Crippen molar-refractivity contribution in [2.75, 3.05) is 13.6 Å². The third-order valence-electron chi connectivity index (χ3n) is 1.01. The van der Waals surface area contributed by atoms with Gasteiger partial charge < -0.3 is 5.11 Å². The van der Waals surface area contributed by atoms with Gasteiger partial charge in [0.05, 0.1) is 13.0 Å². The average Bonchev–Trinajstić information content (AvgIpc) is 1.82. The number of hydrogen-bond donors (Lipinski definition) is 1. The maximum atomic E-state index is 10.8. The summed E-state index contributed by atoms with van der Waals surface area (Å²) in [6.07, 6.45) is -0.0735. The van der Waals surface area contributed by atoms with Crippen molar-refractivity contribution in [2.45, 2.75) is 12.8 Å². The number of carbonyl (C=O) groups is 2. The summed E-state index contributed by atoms with van der Waals surface area (Å²) in [6, 6.07) is 0. The molecule has 0 bridgehead atoms. The molecular formula is C6H10ClNO3. The fourth-order valence-electron chi connectivity index (χ4n) is 0.568. The maximum Gasteiger partial charge on any atom is 0.303 e. The van der Waals surface area contributed by atoms with E-state index < -0.39 is 5.97 Å². The molecule has 0 radical (unpaired) electrons. The first kappa shape index (κ1) is 10.4. The molecule has 0 amide bonds. The Morgan fingerprint density at radius 2 is 2.00 bits per heavy atom. The molecule has 0 aliphatic rings. The molecule has 0 aromatic carbocycles. The van der Waals surface area contributed by atoms with Gasteiger partial charge in [-0.05, 0) is 11.8 Å². The number of rotatable bonds is 5. The number of carboxylic acids is 1. The Morgan fingerprint density at radius 3 is 2.36 bits per heavy atom. The average molecular weight is 180 g/mol. The second-order valence-electron chi connectivity index (χ2n) is 2.20. The Morgan fingerprint density at radius 1 is 1.45 bits per heavy atom. The lowest BCUT2D eigenvalue weighted by Gasteiger charge is -2.03. The molecule has 0 aromatic heterocycles. The van der Waals surface area contributed by atoms with Gasteiger partial charge in [-0.3, -0.25) is 9.59 Å². The van der Waals surface area contributed by atoms with Gasteiger partial charge in [-0.1, -0.05) is 0 Å². The SMILES string of the molecule is CN(Cl)CC(=O)CCC(=O)O. The minimum absolute atomic E-state index is 0.0480. The van der Waals surface area contributed by atoms with Gasteiger partial charge in [-0.2, -0.15) is 0 Å². The summed E-state index contributed by atoms with van der Waals surface area (Å²) >= 11 is 5.35. The first-order valence-electron chi connectivity index (χ1n) is 3.12. The van der Waals surface area contributed by atoms with Crippen LogP contribution in [0.1, 0.15) is 12.8 Å². The molecule has 0 atom stereocenters. The zero-order valence-corrected chi connectivity index (χ0v) is 6.97. The smallest absolute Gasteiger partial charge is 0.303 e. The van der Waals surface area contributed by atoms with Crippen molar-refractivity contribution in [3.05, 3.63) is 0 Å². The number of Topliss-reactive ketones (excluding diaryl/α,β-unsaturated/α-hetero) is 1. The highest BCUT2D eigenvalue weighted by molar-refractivity contribution is 6.14. The quantitative estimate of drug-likeness (QED) is 0.625. The van der Waals surface area contributed by atoms with E-state index in [-0.39, 0.29) is 25.2 Å². The van der Waals surface area contributed by atoms with Gasteiger partial charge in [0, 0.05) is 13.5 Å². The molecule has 0 unspecified atom stereocenters. The van der Waals surface area contributed by atoms with E-state index >= 15 is 0 Å². The van der Waals surface area contributed by atoms with E-state index in [1.165, 1.54) is 4.42 Å². The zero-order chi connectivity index (χ0) is 8.85. The van der Waals surface area contributed by atoms with Gasteiger partial charge in [0.1, 0.15) is 5.78 Å². The van der Waals surface area contributed by atoms with Crippen LogP contribution in [-0.2, 0) is 9.59 Å². The molecule has 0 aliphatic carbocycles. The second-order valence-corrected chi connectivity index (χ2v) is 2.77. The molecule has 1 N–H and O–H groups in total. The summed E-state index contributed by atoms with van der Waals surface area (Å²) in [5.74, 6) is -1.12. The van der Waals surface area contributed by atoms with Crippen molar-refractivity contribution in [3.63, 3.8) is 0 Å². The van der Waals surface area contributed by atoms with Crippen LogP contribution in [0.3, 0.4) is 0 Å². The lowest BCUT2D eigenvalue weighted by molar-refractivity contribution is -0.138. The molecule has 0 heterocycles. The van der Waals surface area contributed by atoms with Crippen molar-refractivity contribution in [2.24, 2.45) is 0 Å². The Labute approximate surface area is 69.9 Å². The molecule has 0 fully saturated rings. The molecule has 5 heteroatoms. The first-order valence-corrected chi connectivity index (χ1v) is 3.46. The molecule has 64 valence electrons. The predicted molar refractivity (Wildman–Crippen MR) is 40.4 cm³/mol. The molecule has 0 aromatic rings. The number of carbonyl (C=O) groups excluding carboxylic acids is 1. The van der Waals surface area contributed by atoms with Gasteiger partial charge in [-0.15, -0.1) is 0 Å². The molecule has 0 saturated carbocycles. The van der Waals surface area contributed by atoms with Crippen molar-refractivity contribution in [1.29, 1.82) is 0 Å². The van der Waals surface area contributed by atoms with Crippen molar-refractivity contribution < 1.29 is 14.7 Å². The van der Waals surface area contributed by atoms with E-state index in [1.807, 2.05) is 0 Å². The van der Waals surface area contributed by atoms with Crippen LogP contribution in [0.15, 0.2) is 0 Å². The predicted octanol–water partition coefficient (Wildman–Crippen LogP) is 0.506. The fourth-order valence-corrected chi connectivity index (χ4v) is 0.702. The van der Waals surface area contributed by atoms with Gasteiger partial charge in [-0.25, -0.2) is 4.42 Å². The Bertz CT molecular complexity index is 158. The zero-order valence-electron chi connectivity index (χ0n) is 6.21. The van der Waals surface area contributed by atoms with Crippen LogP contribution in [0.25, 0.3) is 0 Å². The standard InChI is InChI=1S/C6H10ClNO3/c1-8(7)4-5(9)2-3-6(10)11/h2-4H2,1H3,(H,10,11). The van der Waals surface area contributed by atoms with Crippen LogP contribution < -0.4 is 0 Å². The number of aliphatic carboxylic acids is 1. The number of carboxylic acid groups (broad SMARTS) is 1.